The first kappa shape index (κ1) is 16.1. The molecule has 0 bridgehead atoms. The topological polar surface area (TPSA) is 53.2 Å². The second kappa shape index (κ2) is 6.48. The van der Waals surface area contributed by atoms with Crippen molar-refractivity contribution in [1.82, 2.24) is 9.88 Å². The fourth-order valence-corrected chi connectivity index (χ4v) is 4.45. The number of amides is 1. The minimum Gasteiger partial charge on any atom is -0.357 e. The summed E-state index contributed by atoms with van der Waals surface area (Å²) in [5.41, 5.74) is 2.82. The van der Waals surface area contributed by atoms with Crippen LogP contribution in [-0.4, -0.2) is 28.1 Å². The van der Waals surface area contributed by atoms with Crippen LogP contribution < -0.4 is 0 Å². The van der Waals surface area contributed by atoms with Gasteiger partial charge < -0.3 is 9.88 Å². The Morgan fingerprint density at radius 1 is 1.20 bits per heavy atom. The van der Waals surface area contributed by atoms with E-state index in [2.05, 4.69) is 23.2 Å². The number of ketones is 1. The molecule has 3 heterocycles. The summed E-state index contributed by atoms with van der Waals surface area (Å²) < 4.78 is 0. The average Bonchev–Trinajstić information content (AvgIpc) is 3.28. The van der Waals surface area contributed by atoms with Gasteiger partial charge in [-0.2, -0.15) is 0 Å². The van der Waals surface area contributed by atoms with Gasteiger partial charge in [0.1, 0.15) is 0 Å². The zero-order chi connectivity index (χ0) is 17.4. The number of thiophene rings is 1. The van der Waals surface area contributed by atoms with Crippen LogP contribution in [0.1, 0.15) is 58.0 Å². The van der Waals surface area contributed by atoms with E-state index in [0.717, 1.165) is 37.0 Å². The molecule has 0 saturated carbocycles. The van der Waals surface area contributed by atoms with Crippen LogP contribution in [0.5, 0.6) is 0 Å². The number of carbonyl (C=O) groups excluding carboxylic acids is 2. The summed E-state index contributed by atoms with van der Waals surface area (Å²) in [7, 11) is 0. The Kier molecular flexibility index (Phi) is 4.17. The molecule has 128 valence electrons. The Morgan fingerprint density at radius 2 is 2.04 bits per heavy atom. The van der Waals surface area contributed by atoms with Crippen LogP contribution in [0.3, 0.4) is 0 Å². The molecule has 1 aromatic carbocycles. The van der Waals surface area contributed by atoms with E-state index in [1.165, 1.54) is 23.6 Å². The summed E-state index contributed by atoms with van der Waals surface area (Å²) in [5.74, 6) is 0.0296. The predicted octanol–water partition coefficient (Wildman–Crippen LogP) is 4.80. The summed E-state index contributed by atoms with van der Waals surface area (Å²) in [6.45, 7) is 2.29. The maximum absolute atomic E-state index is 13.0. The average molecular weight is 352 g/mol. The van der Waals surface area contributed by atoms with E-state index >= 15 is 0 Å². The quantitative estimate of drug-likeness (QED) is 0.689. The molecule has 2 aromatic heterocycles. The lowest BCUT2D eigenvalue weighted by molar-refractivity contribution is 0.0612. The highest BCUT2D eigenvalue weighted by Gasteiger charge is 2.30. The summed E-state index contributed by atoms with van der Waals surface area (Å²) in [4.78, 5) is 30.7. The van der Waals surface area contributed by atoms with Crippen LogP contribution >= 0.6 is 11.3 Å². The zero-order valence-corrected chi connectivity index (χ0v) is 14.9. The van der Waals surface area contributed by atoms with Gasteiger partial charge in [-0.3, -0.25) is 9.59 Å². The van der Waals surface area contributed by atoms with Gasteiger partial charge in [0.15, 0.2) is 5.78 Å². The maximum Gasteiger partial charge on any atom is 0.264 e. The number of fused-ring (bicyclic) bond motifs is 1. The number of nitrogens with one attached hydrogen (secondary N) is 1. The van der Waals surface area contributed by atoms with Gasteiger partial charge in [0.05, 0.1) is 10.9 Å². The molecule has 1 saturated heterocycles. The molecule has 1 N–H and O–H groups in total. The van der Waals surface area contributed by atoms with E-state index < -0.39 is 0 Å². The van der Waals surface area contributed by atoms with Crippen molar-refractivity contribution in [1.29, 1.82) is 0 Å². The number of H-pyrrole nitrogens is 1. The molecule has 25 heavy (non-hydrogen) atoms. The van der Waals surface area contributed by atoms with Crippen LogP contribution in [-0.2, 0) is 0 Å². The number of aromatic nitrogens is 1. The van der Waals surface area contributed by atoms with E-state index in [0.29, 0.717) is 10.4 Å². The molecule has 3 aromatic rings. The molecular formula is C20H20N2O2S. The van der Waals surface area contributed by atoms with Gasteiger partial charge in [-0.05, 0) is 49.8 Å². The Bertz CT molecular complexity index is 907. The number of Topliss-reactive ketones (excluding diaryl/α,β-unsaturated/α-hetero) is 1. The van der Waals surface area contributed by atoms with E-state index in [1.807, 2.05) is 17.0 Å². The van der Waals surface area contributed by atoms with Crippen molar-refractivity contribution < 1.29 is 9.59 Å². The van der Waals surface area contributed by atoms with E-state index in [-0.39, 0.29) is 17.7 Å². The van der Waals surface area contributed by atoms with E-state index in [4.69, 9.17) is 0 Å². The standard InChI is InChI=1S/C20H20N2O2S/c1-13(23)15-11-19(25-12-15)20(24)22-9-5-4-8-18(22)17-10-14-6-2-3-7-16(14)21-17/h2-3,6-7,10-12,18,21H,4-5,8-9H2,1H3. The number of aromatic amines is 1. The van der Waals surface area contributed by atoms with Crippen molar-refractivity contribution in [3.63, 3.8) is 0 Å². The zero-order valence-electron chi connectivity index (χ0n) is 14.1. The van der Waals surface area contributed by atoms with Crippen molar-refractivity contribution in [2.45, 2.75) is 32.2 Å². The number of nitrogens with zero attached hydrogens (tertiary/aromatic N) is 1. The first-order valence-electron chi connectivity index (χ1n) is 8.61. The normalized spacial score (nSPS) is 17.8. The van der Waals surface area contributed by atoms with Crippen molar-refractivity contribution in [3.8, 4) is 0 Å². The highest BCUT2D eigenvalue weighted by Crippen LogP contribution is 2.34. The lowest BCUT2D eigenvalue weighted by Crippen LogP contribution is -2.38. The minimum atomic E-state index is 0.00103. The van der Waals surface area contributed by atoms with Gasteiger partial charge in [-0.1, -0.05) is 18.2 Å². The minimum absolute atomic E-state index is 0.00103. The molecule has 5 heteroatoms. The third kappa shape index (κ3) is 3.00. The van der Waals surface area contributed by atoms with Gasteiger partial charge in [-0.25, -0.2) is 0 Å². The Morgan fingerprint density at radius 3 is 2.80 bits per heavy atom. The number of piperidine rings is 1. The molecule has 0 aliphatic carbocycles. The van der Waals surface area contributed by atoms with Crippen LogP contribution in [0.4, 0.5) is 0 Å². The molecule has 1 aliphatic heterocycles. The number of para-hydroxylation sites is 1. The largest absolute Gasteiger partial charge is 0.357 e. The van der Waals surface area contributed by atoms with Gasteiger partial charge in [0.2, 0.25) is 0 Å². The van der Waals surface area contributed by atoms with Crippen LogP contribution in [0.2, 0.25) is 0 Å². The van der Waals surface area contributed by atoms with Crippen molar-refractivity contribution in [3.05, 3.63) is 57.9 Å². The molecule has 1 fully saturated rings. The monoisotopic (exact) mass is 352 g/mol. The molecular weight excluding hydrogens is 332 g/mol. The first-order chi connectivity index (χ1) is 12.1. The number of rotatable bonds is 3. The molecule has 0 spiro atoms. The third-order valence-electron chi connectivity index (χ3n) is 4.89. The second-order valence-corrected chi connectivity index (χ2v) is 7.49. The second-order valence-electron chi connectivity index (χ2n) is 6.58. The summed E-state index contributed by atoms with van der Waals surface area (Å²) in [5, 5.41) is 2.95. The maximum atomic E-state index is 13.0. The van der Waals surface area contributed by atoms with Crippen molar-refractivity contribution >= 4 is 33.9 Å². The van der Waals surface area contributed by atoms with Crippen molar-refractivity contribution in [2.75, 3.05) is 6.54 Å². The number of hydrogen-bond donors (Lipinski definition) is 1. The number of likely N-dealkylation sites (tertiary alicyclic amines) is 1. The highest BCUT2D eigenvalue weighted by molar-refractivity contribution is 7.12. The van der Waals surface area contributed by atoms with Gasteiger partial charge in [0.25, 0.3) is 5.91 Å². The fraction of sp³-hybridized carbons (Fsp3) is 0.300. The summed E-state index contributed by atoms with van der Waals surface area (Å²) in [6, 6.07) is 12.1. The van der Waals surface area contributed by atoms with Gasteiger partial charge in [-0.15, -0.1) is 11.3 Å². The van der Waals surface area contributed by atoms with Crippen LogP contribution in [0.15, 0.2) is 41.8 Å². The molecule has 1 amide bonds. The van der Waals surface area contributed by atoms with Gasteiger partial charge in [0, 0.05) is 28.7 Å². The molecule has 1 atom stereocenters. The highest BCUT2D eigenvalue weighted by atomic mass is 32.1. The van der Waals surface area contributed by atoms with Crippen LogP contribution in [0.25, 0.3) is 10.9 Å². The molecule has 1 unspecified atom stereocenters. The predicted molar refractivity (Wildman–Crippen MR) is 100 cm³/mol. The first-order valence-corrected chi connectivity index (χ1v) is 9.49. The summed E-state index contributed by atoms with van der Waals surface area (Å²) in [6.07, 6.45) is 3.10. The molecule has 4 rings (SSSR count). The Labute approximate surface area is 150 Å². The lowest BCUT2D eigenvalue weighted by Gasteiger charge is -2.35. The third-order valence-corrected chi connectivity index (χ3v) is 5.81. The van der Waals surface area contributed by atoms with Gasteiger partial charge >= 0.3 is 0 Å². The molecule has 4 nitrogen and oxygen atoms in total. The van der Waals surface area contributed by atoms with E-state index in [1.54, 1.807) is 11.4 Å². The Balaban J connectivity index is 1.66. The Hall–Kier alpha value is -2.40. The van der Waals surface area contributed by atoms with Crippen LogP contribution in [0, 0.1) is 0 Å². The molecule has 1 aliphatic rings. The lowest BCUT2D eigenvalue weighted by atomic mass is 9.99. The number of hydrogen-bond acceptors (Lipinski definition) is 3. The van der Waals surface area contributed by atoms with E-state index in [9.17, 15) is 9.59 Å². The SMILES string of the molecule is CC(=O)c1csc(C(=O)N2CCCCC2c2cc3ccccc3[nH]2)c1. The fourth-order valence-electron chi connectivity index (χ4n) is 3.55. The van der Waals surface area contributed by atoms with Crippen molar-refractivity contribution in [2.24, 2.45) is 0 Å². The number of benzene rings is 1. The molecule has 0 radical (unpaired) electrons. The summed E-state index contributed by atoms with van der Waals surface area (Å²) >= 11 is 1.36. The number of carbonyl (C=O) groups is 2. The smallest absolute Gasteiger partial charge is 0.264 e.